The van der Waals surface area contributed by atoms with Crippen LogP contribution < -0.4 is 11.1 Å². The second kappa shape index (κ2) is 6.71. The number of amides is 2. The zero-order valence-corrected chi connectivity index (χ0v) is 14.6. The Labute approximate surface area is 153 Å². The van der Waals surface area contributed by atoms with Gasteiger partial charge in [0.15, 0.2) is 0 Å². The summed E-state index contributed by atoms with van der Waals surface area (Å²) in [7, 11) is 0. The summed E-state index contributed by atoms with van der Waals surface area (Å²) in [5.41, 5.74) is 5.80. The number of aromatic nitrogens is 1. The number of aromatic hydroxyl groups is 1. The molecule has 140 valence electrons. The molecule has 0 aliphatic rings. The number of hydrogen-bond acceptors (Lipinski definition) is 3. The van der Waals surface area contributed by atoms with Gasteiger partial charge in [-0.05, 0) is 29.7 Å². The van der Waals surface area contributed by atoms with Gasteiger partial charge in [0.25, 0.3) is 5.91 Å². The number of nitrogens with two attached hydrogens (primary N) is 1. The Balaban J connectivity index is 2.16. The number of fused-ring (bicyclic) bond motifs is 1. The van der Waals surface area contributed by atoms with E-state index in [1.807, 2.05) is 13.8 Å². The summed E-state index contributed by atoms with van der Waals surface area (Å²) in [6, 6.07) is 6.58. The summed E-state index contributed by atoms with van der Waals surface area (Å²) >= 11 is 0. The zero-order valence-electron chi connectivity index (χ0n) is 14.6. The first kappa shape index (κ1) is 18.4. The van der Waals surface area contributed by atoms with Gasteiger partial charge in [0.05, 0.1) is 11.2 Å². The Kier molecular flexibility index (Phi) is 4.57. The van der Waals surface area contributed by atoms with Crippen molar-refractivity contribution in [3.05, 3.63) is 59.2 Å². The Morgan fingerprint density at radius 2 is 1.85 bits per heavy atom. The molecule has 3 rings (SSSR count). The molecule has 0 radical (unpaired) electrons. The minimum absolute atomic E-state index is 0.131. The first-order valence-electron chi connectivity index (χ1n) is 8.14. The largest absolute Gasteiger partial charge is 0.494 e. The quantitative estimate of drug-likeness (QED) is 0.649. The highest BCUT2D eigenvalue weighted by Crippen LogP contribution is 2.34. The zero-order chi connectivity index (χ0) is 19.9. The molecule has 2 aromatic carbocycles. The Bertz CT molecular complexity index is 1070. The van der Waals surface area contributed by atoms with E-state index in [-0.39, 0.29) is 22.4 Å². The Morgan fingerprint density at radius 3 is 2.48 bits per heavy atom. The maximum Gasteiger partial charge on any atom is 0.326 e. The monoisotopic (exact) mass is 373 g/mol. The van der Waals surface area contributed by atoms with Gasteiger partial charge in [-0.2, -0.15) is 0 Å². The van der Waals surface area contributed by atoms with Crippen LogP contribution in [0.5, 0.6) is 5.88 Å². The summed E-state index contributed by atoms with van der Waals surface area (Å²) in [6.45, 7) is 3.89. The van der Waals surface area contributed by atoms with E-state index in [1.165, 1.54) is 0 Å². The highest BCUT2D eigenvalue weighted by atomic mass is 19.1. The minimum Gasteiger partial charge on any atom is -0.494 e. The molecule has 0 saturated carbocycles. The van der Waals surface area contributed by atoms with Gasteiger partial charge in [-0.25, -0.2) is 18.1 Å². The fourth-order valence-electron chi connectivity index (χ4n) is 2.88. The van der Waals surface area contributed by atoms with Gasteiger partial charge >= 0.3 is 6.03 Å². The van der Waals surface area contributed by atoms with Crippen molar-refractivity contribution in [3.8, 4) is 5.88 Å². The fraction of sp³-hybridized carbons (Fsp3) is 0.158. The number of nitrogens with one attached hydrogen (secondary N) is 1. The third kappa shape index (κ3) is 3.21. The predicted octanol–water partition coefficient (Wildman–Crippen LogP) is 3.93. The van der Waals surface area contributed by atoms with Gasteiger partial charge in [-0.1, -0.05) is 26.0 Å². The average Bonchev–Trinajstić information content (AvgIpc) is 2.89. The van der Waals surface area contributed by atoms with Gasteiger partial charge in [0.1, 0.15) is 17.2 Å². The lowest BCUT2D eigenvalue weighted by Crippen LogP contribution is -2.19. The summed E-state index contributed by atoms with van der Waals surface area (Å²) < 4.78 is 27.9. The van der Waals surface area contributed by atoms with Crippen molar-refractivity contribution < 1.29 is 23.5 Å². The number of nitrogens with zero attached hydrogens (tertiary/aromatic N) is 1. The second-order valence-electron chi connectivity index (χ2n) is 6.38. The van der Waals surface area contributed by atoms with Gasteiger partial charge in [-0.15, -0.1) is 0 Å². The number of primary amides is 1. The summed E-state index contributed by atoms with van der Waals surface area (Å²) in [6.07, 6.45) is 0. The van der Waals surface area contributed by atoms with E-state index in [0.29, 0.717) is 0 Å². The molecule has 0 unspecified atom stereocenters. The molecule has 27 heavy (non-hydrogen) atoms. The molecule has 0 atom stereocenters. The number of anilines is 1. The van der Waals surface area contributed by atoms with E-state index < -0.39 is 35.1 Å². The van der Waals surface area contributed by atoms with Crippen molar-refractivity contribution in [2.24, 2.45) is 5.73 Å². The lowest BCUT2D eigenvalue weighted by atomic mass is 10.0. The van der Waals surface area contributed by atoms with Gasteiger partial charge in [-0.3, -0.25) is 4.79 Å². The van der Waals surface area contributed by atoms with Crippen LogP contribution in [0.1, 0.15) is 35.7 Å². The Morgan fingerprint density at radius 1 is 1.15 bits per heavy atom. The average molecular weight is 373 g/mol. The normalized spacial score (nSPS) is 11.1. The van der Waals surface area contributed by atoms with Crippen LogP contribution in [0.2, 0.25) is 0 Å². The van der Waals surface area contributed by atoms with Crippen molar-refractivity contribution in [3.63, 3.8) is 0 Å². The number of carbonyl (C=O) groups is 2. The maximum absolute atomic E-state index is 13.8. The molecule has 0 aliphatic carbocycles. The summed E-state index contributed by atoms with van der Waals surface area (Å²) in [4.78, 5) is 24.4. The van der Waals surface area contributed by atoms with Crippen LogP contribution in [0.25, 0.3) is 10.9 Å². The van der Waals surface area contributed by atoms with Crippen LogP contribution in [0.15, 0.2) is 36.4 Å². The molecule has 0 spiro atoms. The van der Waals surface area contributed by atoms with Crippen molar-refractivity contribution in [1.82, 2.24) is 4.57 Å². The molecule has 6 nitrogen and oxygen atoms in total. The molecule has 0 bridgehead atoms. The van der Waals surface area contributed by atoms with Crippen LogP contribution in [-0.4, -0.2) is 21.6 Å². The van der Waals surface area contributed by atoms with Crippen LogP contribution in [-0.2, 0) is 0 Å². The van der Waals surface area contributed by atoms with Gasteiger partial charge in [0.2, 0.25) is 5.88 Å². The lowest BCUT2D eigenvalue weighted by molar-refractivity contribution is 0.102. The third-order valence-corrected chi connectivity index (χ3v) is 4.26. The fourth-order valence-corrected chi connectivity index (χ4v) is 2.88. The summed E-state index contributed by atoms with van der Waals surface area (Å²) in [5.74, 6) is -3.03. The third-order valence-electron chi connectivity index (χ3n) is 4.26. The molecule has 1 aromatic heterocycles. The highest BCUT2D eigenvalue weighted by Gasteiger charge is 2.26. The topological polar surface area (TPSA) is 97.3 Å². The second-order valence-corrected chi connectivity index (χ2v) is 6.38. The molecule has 4 N–H and O–H groups in total. The minimum atomic E-state index is -0.977. The first-order valence-corrected chi connectivity index (χ1v) is 8.14. The van der Waals surface area contributed by atoms with Crippen LogP contribution in [0.3, 0.4) is 0 Å². The maximum atomic E-state index is 13.8. The predicted molar refractivity (Wildman–Crippen MR) is 97.0 cm³/mol. The van der Waals surface area contributed by atoms with Gasteiger partial charge in [0, 0.05) is 11.5 Å². The molecule has 8 heteroatoms. The van der Waals surface area contributed by atoms with Crippen molar-refractivity contribution in [2.45, 2.75) is 19.8 Å². The molecule has 0 fully saturated rings. The molecule has 2 amide bonds. The highest BCUT2D eigenvalue weighted by molar-refractivity contribution is 6.16. The smallest absolute Gasteiger partial charge is 0.326 e. The standard InChI is InChI=1S/C19H17F2N3O3/c1-9(2)10-3-5-12-15(7-10)24(19(22)27)18(26)16(12)17(25)23-14-8-11(20)4-6-13(14)21/h3-9,26H,1-2H3,(H2,22,27)(H,23,25). The van der Waals surface area contributed by atoms with E-state index >= 15 is 0 Å². The van der Waals surface area contributed by atoms with Crippen molar-refractivity contribution in [1.29, 1.82) is 0 Å². The molecule has 0 saturated heterocycles. The van der Waals surface area contributed by atoms with Crippen LogP contribution in [0, 0.1) is 11.6 Å². The van der Waals surface area contributed by atoms with Gasteiger partial charge < -0.3 is 16.2 Å². The number of hydrogen-bond donors (Lipinski definition) is 3. The van der Waals surface area contributed by atoms with E-state index in [4.69, 9.17) is 5.73 Å². The van der Waals surface area contributed by atoms with E-state index in [9.17, 15) is 23.5 Å². The number of halogens is 2. The molecule has 1 heterocycles. The first-order chi connectivity index (χ1) is 12.7. The summed E-state index contributed by atoms with van der Waals surface area (Å²) in [5, 5.41) is 12.9. The van der Waals surface area contributed by atoms with E-state index in [0.717, 1.165) is 28.3 Å². The number of carbonyl (C=O) groups excluding carboxylic acids is 2. The van der Waals surface area contributed by atoms with Crippen LogP contribution >= 0.6 is 0 Å². The molecular weight excluding hydrogens is 356 g/mol. The van der Waals surface area contributed by atoms with E-state index in [1.54, 1.807) is 18.2 Å². The number of rotatable bonds is 3. The Hall–Kier alpha value is -3.42. The molecule has 3 aromatic rings. The van der Waals surface area contributed by atoms with Crippen molar-refractivity contribution in [2.75, 3.05) is 5.32 Å². The molecule has 0 aliphatic heterocycles. The van der Waals surface area contributed by atoms with Crippen molar-refractivity contribution >= 4 is 28.5 Å². The number of benzene rings is 2. The van der Waals surface area contributed by atoms with E-state index in [2.05, 4.69) is 5.32 Å². The van der Waals surface area contributed by atoms with Crippen LogP contribution in [0.4, 0.5) is 19.3 Å². The SMILES string of the molecule is CC(C)c1ccc2c(C(=O)Nc3cc(F)ccc3F)c(O)n(C(N)=O)c2c1. The lowest BCUT2D eigenvalue weighted by Gasteiger charge is -2.07. The molecular formula is C19H17F2N3O3.